The van der Waals surface area contributed by atoms with Crippen molar-refractivity contribution in [2.24, 2.45) is 0 Å². The highest BCUT2D eigenvalue weighted by Gasteiger charge is 2.18. The molecule has 0 radical (unpaired) electrons. The van der Waals surface area contributed by atoms with Gasteiger partial charge in [-0.05, 0) is 40.9 Å². The highest BCUT2D eigenvalue weighted by molar-refractivity contribution is 9.10. The van der Waals surface area contributed by atoms with E-state index in [0.717, 1.165) is 30.4 Å². The van der Waals surface area contributed by atoms with E-state index in [-0.39, 0.29) is 18.4 Å². The van der Waals surface area contributed by atoms with Gasteiger partial charge in [0, 0.05) is 17.6 Å². The van der Waals surface area contributed by atoms with Gasteiger partial charge < -0.3 is 10.2 Å². The van der Waals surface area contributed by atoms with Gasteiger partial charge in [-0.15, -0.1) is 0 Å². The second-order valence-corrected chi connectivity index (χ2v) is 5.10. The number of carbonyl (C=O) groups excluding carboxylic acids is 2. The molecule has 2 rings (SSSR count). The van der Waals surface area contributed by atoms with E-state index in [2.05, 4.69) is 21.2 Å². The Labute approximate surface area is 114 Å². The molecule has 0 aliphatic carbocycles. The van der Waals surface area contributed by atoms with Gasteiger partial charge in [-0.25, -0.2) is 0 Å². The third-order valence-corrected chi connectivity index (χ3v) is 3.67. The number of amides is 2. The van der Waals surface area contributed by atoms with Crippen LogP contribution in [0.4, 0.5) is 0 Å². The van der Waals surface area contributed by atoms with E-state index in [1.807, 2.05) is 6.07 Å². The van der Waals surface area contributed by atoms with Crippen molar-refractivity contribution in [3.8, 4) is 0 Å². The monoisotopic (exact) mass is 310 g/mol. The van der Waals surface area contributed by atoms with Crippen molar-refractivity contribution < 1.29 is 9.59 Å². The molecule has 0 atom stereocenters. The van der Waals surface area contributed by atoms with E-state index >= 15 is 0 Å². The highest BCUT2D eigenvalue weighted by Crippen LogP contribution is 2.15. The highest BCUT2D eigenvalue weighted by atomic mass is 79.9. The van der Waals surface area contributed by atoms with Crippen LogP contribution in [0.25, 0.3) is 0 Å². The fraction of sp³-hybridized carbons (Fsp3) is 0.385. The molecule has 1 heterocycles. The third kappa shape index (κ3) is 3.10. The summed E-state index contributed by atoms with van der Waals surface area (Å²) in [7, 11) is 0. The number of nitrogens with zero attached hydrogens (tertiary/aromatic N) is 1. The lowest BCUT2D eigenvalue weighted by Crippen LogP contribution is -2.38. The standard InChI is InChI=1S/C13H15BrN2O2/c14-11-6-2-1-5-10(11)13(18)15-9-12(17)16-7-3-4-8-16/h1-2,5-6H,3-4,7-9H2,(H,15,18). The minimum Gasteiger partial charge on any atom is -0.343 e. The summed E-state index contributed by atoms with van der Waals surface area (Å²) in [5.41, 5.74) is 0.548. The van der Waals surface area contributed by atoms with Gasteiger partial charge in [0.05, 0.1) is 12.1 Å². The first-order valence-electron chi connectivity index (χ1n) is 5.99. The minimum atomic E-state index is -0.227. The van der Waals surface area contributed by atoms with Crippen LogP contribution < -0.4 is 5.32 Å². The molecule has 0 spiro atoms. The van der Waals surface area contributed by atoms with Gasteiger partial charge in [-0.2, -0.15) is 0 Å². The van der Waals surface area contributed by atoms with Gasteiger partial charge in [0.1, 0.15) is 0 Å². The first kappa shape index (κ1) is 13.1. The largest absolute Gasteiger partial charge is 0.343 e. The fourth-order valence-electron chi connectivity index (χ4n) is 1.97. The van der Waals surface area contributed by atoms with Crippen molar-refractivity contribution in [1.29, 1.82) is 0 Å². The van der Waals surface area contributed by atoms with Crippen LogP contribution in [0.1, 0.15) is 23.2 Å². The average molecular weight is 311 g/mol. The Bertz CT molecular complexity index is 456. The van der Waals surface area contributed by atoms with Crippen LogP contribution >= 0.6 is 15.9 Å². The number of halogens is 1. The smallest absolute Gasteiger partial charge is 0.252 e. The van der Waals surface area contributed by atoms with Crippen LogP contribution in [0.3, 0.4) is 0 Å². The summed E-state index contributed by atoms with van der Waals surface area (Å²) in [5.74, 6) is -0.233. The van der Waals surface area contributed by atoms with Crippen molar-refractivity contribution in [2.75, 3.05) is 19.6 Å². The molecule has 4 nitrogen and oxygen atoms in total. The van der Waals surface area contributed by atoms with Gasteiger partial charge >= 0.3 is 0 Å². The molecule has 5 heteroatoms. The molecule has 1 N–H and O–H groups in total. The molecule has 1 aromatic carbocycles. The molecule has 0 saturated carbocycles. The predicted octanol–water partition coefficient (Wildman–Crippen LogP) is 1.80. The number of nitrogens with one attached hydrogen (secondary N) is 1. The van der Waals surface area contributed by atoms with Gasteiger partial charge in [-0.1, -0.05) is 12.1 Å². The van der Waals surface area contributed by atoms with Crippen LogP contribution in [-0.4, -0.2) is 36.3 Å². The summed E-state index contributed by atoms with van der Waals surface area (Å²) in [6.45, 7) is 1.69. The molecule has 1 aliphatic rings. The summed E-state index contributed by atoms with van der Waals surface area (Å²) in [6, 6.07) is 7.16. The Balaban J connectivity index is 1.88. The molecule has 2 amide bonds. The molecule has 0 unspecified atom stereocenters. The van der Waals surface area contributed by atoms with Crippen molar-refractivity contribution in [3.05, 3.63) is 34.3 Å². The summed E-state index contributed by atoms with van der Waals surface area (Å²) in [6.07, 6.45) is 2.12. The number of carbonyl (C=O) groups is 2. The van der Waals surface area contributed by atoms with E-state index in [9.17, 15) is 9.59 Å². The van der Waals surface area contributed by atoms with Gasteiger partial charge in [0.25, 0.3) is 5.91 Å². The Morgan fingerprint density at radius 3 is 2.56 bits per heavy atom. The van der Waals surface area contributed by atoms with E-state index in [4.69, 9.17) is 0 Å². The first-order valence-corrected chi connectivity index (χ1v) is 6.78. The summed E-state index contributed by atoms with van der Waals surface area (Å²) in [4.78, 5) is 25.4. The van der Waals surface area contributed by atoms with Crippen molar-refractivity contribution in [3.63, 3.8) is 0 Å². The fourth-order valence-corrected chi connectivity index (χ4v) is 2.44. The van der Waals surface area contributed by atoms with Crippen molar-refractivity contribution >= 4 is 27.7 Å². The number of likely N-dealkylation sites (tertiary alicyclic amines) is 1. The maximum absolute atomic E-state index is 11.9. The predicted molar refractivity (Wildman–Crippen MR) is 72.3 cm³/mol. The molecule has 1 saturated heterocycles. The Morgan fingerprint density at radius 1 is 1.22 bits per heavy atom. The van der Waals surface area contributed by atoms with E-state index in [0.29, 0.717) is 5.56 Å². The normalized spacial score (nSPS) is 14.6. The molecular weight excluding hydrogens is 296 g/mol. The molecular formula is C13H15BrN2O2. The average Bonchev–Trinajstić information content (AvgIpc) is 2.90. The van der Waals surface area contributed by atoms with Gasteiger partial charge in [-0.3, -0.25) is 9.59 Å². The molecule has 1 aliphatic heterocycles. The second kappa shape index (κ2) is 6.00. The zero-order valence-corrected chi connectivity index (χ0v) is 11.6. The third-order valence-electron chi connectivity index (χ3n) is 2.98. The van der Waals surface area contributed by atoms with Crippen molar-refractivity contribution in [1.82, 2.24) is 10.2 Å². The van der Waals surface area contributed by atoms with E-state index < -0.39 is 0 Å². The molecule has 96 valence electrons. The van der Waals surface area contributed by atoms with E-state index in [1.165, 1.54) is 0 Å². The Morgan fingerprint density at radius 2 is 1.89 bits per heavy atom. The van der Waals surface area contributed by atoms with Gasteiger partial charge in [0.15, 0.2) is 0 Å². The number of rotatable bonds is 3. The van der Waals surface area contributed by atoms with Crippen molar-refractivity contribution in [2.45, 2.75) is 12.8 Å². The zero-order valence-electron chi connectivity index (χ0n) is 9.99. The van der Waals surface area contributed by atoms with Crippen LogP contribution in [0.15, 0.2) is 28.7 Å². The lowest BCUT2D eigenvalue weighted by atomic mass is 10.2. The lowest BCUT2D eigenvalue weighted by Gasteiger charge is -2.15. The molecule has 18 heavy (non-hydrogen) atoms. The number of hydrogen-bond acceptors (Lipinski definition) is 2. The maximum Gasteiger partial charge on any atom is 0.252 e. The zero-order chi connectivity index (χ0) is 13.0. The van der Waals surface area contributed by atoms with Crippen LogP contribution in [-0.2, 0) is 4.79 Å². The Kier molecular flexibility index (Phi) is 4.36. The van der Waals surface area contributed by atoms with Crippen LogP contribution in [0.5, 0.6) is 0 Å². The lowest BCUT2D eigenvalue weighted by molar-refractivity contribution is -0.129. The first-order chi connectivity index (χ1) is 8.68. The molecule has 0 aromatic heterocycles. The Hall–Kier alpha value is -1.36. The van der Waals surface area contributed by atoms with Gasteiger partial charge in [0.2, 0.25) is 5.91 Å². The van der Waals surface area contributed by atoms with Crippen LogP contribution in [0, 0.1) is 0 Å². The number of benzene rings is 1. The SMILES string of the molecule is O=C(NCC(=O)N1CCCC1)c1ccccc1Br. The van der Waals surface area contributed by atoms with E-state index in [1.54, 1.807) is 23.1 Å². The minimum absolute atomic E-state index is 0.00657. The summed E-state index contributed by atoms with van der Waals surface area (Å²) in [5, 5.41) is 2.66. The summed E-state index contributed by atoms with van der Waals surface area (Å²) < 4.78 is 0.733. The maximum atomic E-state index is 11.9. The molecule has 0 bridgehead atoms. The molecule has 1 aromatic rings. The molecule has 1 fully saturated rings. The number of hydrogen-bond donors (Lipinski definition) is 1. The quantitative estimate of drug-likeness (QED) is 0.925. The topological polar surface area (TPSA) is 49.4 Å². The second-order valence-electron chi connectivity index (χ2n) is 4.25. The van der Waals surface area contributed by atoms with Crippen LogP contribution in [0.2, 0.25) is 0 Å². The summed E-state index contributed by atoms with van der Waals surface area (Å²) >= 11 is 3.31.